The second-order valence-corrected chi connectivity index (χ2v) is 8.36. The predicted molar refractivity (Wildman–Crippen MR) is 85.8 cm³/mol. The summed E-state index contributed by atoms with van der Waals surface area (Å²) >= 11 is 1.04. The highest BCUT2D eigenvalue weighted by molar-refractivity contribution is 7.92. The Morgan fingerprint density at radius 2 is 2.09 bits per heavy atom. The van der Waals surface area contributed by atoms with Gasteiger partial charge in [0.15, 0.2) is 10.3 Å². The summed E-state index contributed by atoms with van der Waals surface area (Å²) in [6.45, 7) is 3.71. The molecular formula is C15H16N2O4S2. The Morgan fingerprint density at radius 1 is 1.35 bits per heavy atom. The maximum atomic E-state index is 12.4. The number of amides is 1. The van der Waals surface area contributed by atoms with Gasteiger partial charge < -0.3 is 4.74 Å². The Morgan fingerprint density at radius 3 is 2.78 bits per heavy atom. The molecule has 3 rings (SSSR count). The molecule has 8 heteroatoms. The Labute approximate surface area is 138 Å². The van der Waals surface area contributed by atoms with Crippen LogP contribution in [0, 0.1) is 13.8 Å². The van der Waals surface area contributed by atoms with Gasteiger partial charge in [0.1, 0.15) is 0 Å². The molecule has 1 aromatic heterocycles. The number of hydrogen-bond acceptors (Lipinski definition) is 6. The standard InChI is InChI=1S/C15H16N2O4S2/c1-9-15(22-10(2)16-9)23(19,20)17-14(18)13-12-6-4-3-5-11(12)7-8-21-13/h3-6,13H,7-8H2,1-2H3,(H,17,18)/t13-/m1/s1. The second-order valence-electron chi connectivity index (χ2n) is 5.28. The number of rotatable bonds is 3. The van der Waals surface area contributed by atoms with E-state index in [-0.39, 0.29) is 4.21 Å². The Balaban J connectivity index is 1.87. The lowest BCUT2D eigenvalue weighted by atomic mass is 9.97. The topological polar surface area (TPSA) is 85.4 Å². The number of thiazole rings is 1. The monoisotopic (exact) mass is 352 g/mol. The van der Waals surface area contributed by atoms with Gasteiger partial charge in [-0.2, -0.15) is 0 Å². The van der Waals surface area contributed by atoms with E-state index in [0.29, 0.717) is 29.3 Å². The third-order valence-corrected chi connectivity index (χ3v) is 6.60. The molecule has 1 amide bonds. The van der Waals surface area contributed by atoms with Gasteiger partial charge in [0.25, 0.3) is 15.9 Å². The van der Waals surface area contributed by atoms with E-state index in [9.17, 15) is 13.2 Å². The zero-order valence-corrected chi connectivity index (χ0v) is 14.3. The molecule has 122 valence electrons. The summed E-state index contributed by atoms with van der Waals surface area (Å²) in [5, 5.41) is 0.634. The van der Waals surface area contributed by atoms with Gasteiger partial charge in [-0.05, 0) is 31.4 Å². The molecule has 0 radical (unpaired) electrons. The lowest BCUT2D eigenvalue weighted by molar-refractivity contribution is -0.132. The number of sulfonamides is 1. The number of carbonyl (C=O) groups is 1. The van der Waals surface area contributed by atoms with Crippen molar-refractivity contribution in [3.05, 3.63) is 46.1 Å². The molecule has 0 bridgehead atoms. The van der Waals surface area contributed by atoms with Crippen LogP contribution in [0.25, 0.3) is 0 Å². The van der Waals surface area contributed by atoms with Crippen LogP contribution >= 0.6 is 11.3 Å². The van der Waals surface area contributed by atoms with Crippen molar-refractivity contribution in [1.82, 2.24) is 9.71 Å². The van der Waals surface area contributed by atoms with Crippen LogP contribution in [0.3, 0.4) is 0 Å². The van der Waals surface area contributed by atoms with Gasteiger partial charge in [-0.1, -0.05) is 24.3 Å². The van der Waals surface area contributed by atoms with Gasteiger partial charge in [0, 0.05) is 0 Å². The number of nitrogens with one attached hydrogen (secondary N) is 1. The number of ether oxygens (including phenoxy) is 1. The third-order valence-electron chi connectivity index (χ3n) is 3.57. The molecule has 2 aromatic rings. The van der Waals surface area contributed by atoms with Crippen LogP contribution in [-0.4, -0.2) is 25.9 Å². The van der Waals surface area contributed by atoms with E-state index >= 15 is 0 Å². The van der Waals surface area contributed by atoms with Crippen molar-refractivity contribution in [2.24, 2.45) is 0 Å². The number of hydrogen-bond donors (Lipinski definition) is 1. The molecule has 6 nitrogen and oxygen atoms in total. The fourth-order valence-corrected chi connectivity index (χ4v) is 5.07. The Bertz CT molecular complexity index is 858. The van der Waals surface area contributed by atoms with Gasteiger partial charge in [-0.15, -0.1) is 11.3 Å². The van der Waals surface area contributed by atoms with Gasteiger partial charge in [0.05, 0.1) is 17.3 Å². The minimum atomic E-state index is -3.94. The van der Waals surface area contributed by atoms with Crippen LogP contribution in [0.15, 0.2) is 28.5 Å². The van der Waals surface area contributed by atoms with Crippen molar-refractivity contribution in [1.29, 1.82) is 0 Å². The van der Waals surface area contributed by atoms with Crippen molar-refractivity contribution >= 4 is 27.3 Å². The highest BCUT2D eigenvalue weighted by Crippen LogP contribution is 2.28. The summed E-state index contributed by atoms with van der Waals surface area (Å²) in [5.41, 5.74) is 2.10. The van der Waals surface area contributed by atoms with Crippen LogP contribution in [0.2, 0.25) is 0 Å². The molecular weight excluding hydrogens is 336 g/mol. The summed E-state index contributed by atoms with van der Waals surface area (Å²) in [6, 6.07) is 7.40. The number of aryl methyl sites for hydroxylation is 2. The average molecular weight is 352 g/mol. The van der Waals surface area contributed by atoms with Crippen molar-refractivity contribution in [3.63, 3.8) is 0 Å². The van der Waals surface area contributed by atoms with E-state index in [1.807, 2.05) is 12.1 Å². The van der Waals surface area contributed by atoms with E-state index in [0.717, 1.165) is 16.9 Å². The van der Waals surface area contributed by atoms with Gasteiger partial charge in [-0.25, -0.2) is 18.1 Å². The molecule has 2 heterocycles. The van der Waals surface area contributed by atoms with Crippen LogP contribution in [0.4, 0.5) is 0 Å². The van der Waals surface area contributed by atoms with Crippen molar-refractivity contribution < 1.29 is 17.9 Å². The van der Waals surface area contributed by atoms with Crippen LogP contribution in [0.5, 0.6) is 0 Å². The molecule has 0 spiro atoms. The summed E-state index contributed by atoms with van der Waals surface area (Å²) < 4.78 is 32.5. The van der Waals surface area contributed by atoms with Crippen molar-refractivity contribution in [2.45, 2.75) is 30.6 Å². The number of nitrogens with zero attached hydrogens (tertiary/aromatic N) is 1. The molecule has 0 aliphatic carbocycles. The molecule has 1 atom stereocenters. The molecule has 0 saturated carbocycles. The first-order valence-electron chi connectivity index (χ1n) is 7.08. The zero-order valence-electron chi connectivity index (χ0n) is 12.7. The number of carbonyl (C=O) groups excluding carboxylic acids is 1. The quantitative estimate of drug-likeness (QED) is 0.911. The second kappa shape index (κ2) is 6.03. The van der Waals surface area contributed by atoms with Crippen LogP contribution < -0.4 is 4.72 Å². The number of benzene rings is 1. The molecule has 1 aliphatic heterocycles. The molecule has 0 unspecified atom stereocenters. The largest absolute Gasteiger partial charge is 0.363 e. The summed E-state index contributed by atoms with van der Waals surface area (Å²) in [6.07, 6.45) is -0.205. The summed E-state index contributed by atoms with van der Waals surface area (Å²) in [7, 11) is -3.94. The summed E-state index contributed by atoms with van der Waals surface area (Å²) in [5.74, 6) is -0.678. The molecule has 1 N–H and O–H groups in total. The van der Waals surface area contributed by atoms with Gasteiger partial charge in [-0.3, -0.25) is 4.79 Å². The average Bonchev–Trinajstić information content (AvgIpc) is 2.86. The highest BCUT2D eigenvalue weighted by Gasteiger charge is 2.31. The molecule has 1 aromatic carbocycles. The van der Waals surface area contributed by atoms with E-state index in [4.69, 9.17) is 4.74 Å². The molecule has 1 aliphatic rings. The normalized spacial score (nSPS) is 17.6. The zero-order chi connectivity index (χ0) is 16.6. The molecule has 0 saturated heterocycles. The van der Waals surface area contributed by atoms with Gasteiger partial charge >= 0.3 is 0 Å². The summed E-state index contributed by atoms with van der Waals surface area (Å²) in [4.78, 5) is 16.5. The minimum absolute atomic E-state index is 0.0624. The number of fused-ring (bicyclic) bond motifs is 1. The first-order chi connectivity index (χ1) is 10.9. The predicted octanol–water partition coefficient (Wildman–Crippen LogP) is 1.88. The lowest BCUT2D eigenvalue weighted by Gasteiger charge is -2.24. The third kappa shape index (κ3) is 3.15. The van der Waals surface area contributed by atoms with Crippen molar-refractivity contribution in [3.8, 4) is 0 Å². The van der Waals surface area contributed by atoms with E-state index in [2.05, 4.69) is 9.71 Å². The minimum Gasteiger partial charge on any atom is -0.363 e. The van der Waals surface area contributed by atoms with E-state index < -0.39 is 22.0 Å². The SMILES string of the molecule is Cc1nc(C)c(S(=O)(=O)NC(=O)[C@@H]2OCCc3ccccc32)s1. The van der Waals surface area contributed by atoms with E-state index in [1.54, 1.807) is 26.0 Å². The van der Waals surface area contributed by atoms with Gasteiger partial charge in [0.2, 0.25) is 0 Å². The lowest BCUT2D eigenvalue weighted by Crippen LogP contribution is -2.37. The number of aromatic nitrogens is 1. The first kappa shape index (κ1) is 16.1. The fraction of sp³-hybridized carbons (Fsp3) is 0.333. The molecule has 23 heavy (non-hydrogen) atoms. The highest BCUT2D eigenvalue weighted by atomic mass is 32.2. The van der Waals surface area contributed by atoms with Crippen LogP contribution in [0.1, 0.15) is 27.9 Å². The fourth-order valence-electron chi connectivity index (χ4n) is 2.61. The van der Waals surface area contributed by atoms with E-state index in [1.165, 1.54) is 0 Å². The maximum Gasteiger partial charge on any atom is 0.275 e. The Kier molecular flexibility index (Phi) is 4.22. The van der Waals surface area contributed by atoms with Crippen molar-refractivity contribution in [2.75, 3.05) is 6.61 Å². The molecule has 0 fully saturated rings. The van der Waals surface area contributed by atoms with Crippen LogP contribution in [-0.2, 0) is 26.0 Å². The smallest absolute Gasteiger partial charge is 0.275 e. The maximum absolute atomic E-state index is 12.4. The first-order valence-corrected chi connectivity index (χ1v) is 9.38. The Hall–Kier alpha value is -1.77.